The first-order valence-corrected chi connectivity index (χ1v) is 10.2. The molecule has 2 rings (SSSR count). The van der Waals surface area contributed by atoms with Crippen molar-refractivity contribution in [2.75, 3.05) is 19.3 Å². The molecule has 0 unspecified atom stereocenters. The Morgan fingerprint density at radius 2 is 2.00 bits per heavy atom. The molecule has 0 radical (unpaired) electrons. The Labute approximate surface area is 146 Å². The number of halogens is 2. The Bertz CT molecular complexity index is 643. The molecule has 5 nitrogen and oxygen atoms in total. The van der Waals surface area contributed by atoms with E-state index in [2.05, 4.69) is 43.2 Å². The summed E-state index contributed by atoms with van der Waals surface area (Å²) in [5.74, 6) is -0.00138. The zero-order valence-corrected chi connectivity index (χ0v) is 16.0. The molecule has 116 valence electrons. The second-order valence-corrected chi connectivity index (χ2v) is 8.94. The minimum Gasteiger partial charge on any atom is -0.338 e. The van der Waals surface area contributed by atoms with Gasteiger partial charge in [0.2, 0.25) is 10.0 Å². The van der Waals surface area contributed by atoms with E-state index in [1.54, 1.807) is 4.90 Å². The summed E-state index contributed by atoms with van der Waals surface area (Å²) in [6, 6.07) is 5.55. The number of sulfonamides is 1. The first-order chi connectivity index (χ1) is 9.76. The van der Waals surface area contributed by atoms with Crippen LogP contribution in [-0.2, 0) is 10.0 Å². The van der Waals surface area contributed by atoms with Crippen LogP contribution in [0.1, 0.15) is 23.2 Å². The van der Waals surface area contributed by atoms with Crippen molar-refractivity contribution in [1.82, 2.24) is 9.62 Å². The smallest absolute Gasteiger partial charge is 0.254 e. The summed E-state index contributed by atoms with van der Waals surface area (Å²) in [6.07, 6.45) is 2.45. The van der Waals surface area contributed by atoms with Crippen molar-refractivity contribution in [2.45, 2.75) is 18.9 Å². The van der Waals surface area contributed by atoms with Crippen LogP contribution < -0.4 is 4.72 Å². The van der Waals surface area contributed by atoms with Crippen molar-refractivity contribution >= 4 is 54.5 Å². The Hall–Kier alpha value is -0.190. The van der Waals surface area contributed by atoms with Crippen molar-refractivity contribution < 1.29 is 13.2 Å². The Balaban J connectivity index is 2.02. The van der Waals surface area contributed by atoms with Gasteiger partial charge in [-0.15, -0.1) is 0 Å². The highest BCUT2D eigenvalue weighted by molar-refractivity contribution is 14.1. The monoisotopic (exact) mass is 486 g/mol. The van der Waals surface area contributed by atoms with E-state index in [1.165, 1.54) is 0 Å². The van der Waals surface area contributed by atoms with Crippen LogP contribution in [0.25, 0.3) is 0 Å². The van der Waals surface area contributed by atoms with Gasteiger partial charge in [0.15, 0.2) is 0 Å². The summed E-state index contributed by atoms with van der Waals surface area (Å²) < 4.78 is 26.8. The fraction of sp³-hybridized carbons (Fsp3) is 0.462. The SMILES string of the molecule is CS(=O)(=O)NC1CCN(C(=O)c2cc(Br)ccc2I)CC1. The largest absolute Gasteiger partial charge is 0.338 e. The zero-order chi connectivity index (χ0) is 15.6. The third-order valence-electron chi connectivity index (χ3n) is 3.32. The average molecular weight is 487 g/mol. The molecule has 1 aliphatic heterocycles. The number of nitrogens with one attached hydrogen (secondary N) is 1. The molecule has 8 heteroatoms. The van der Waals surface area contributed by atoms with Gasteiger partial charge >= 0.3 is 0 Å². The van der Waals surface area contributed by atoms with Crippen molar-refractivity contribution in [1.29, 1.82) is 0 Å². The molecule has 1 aromatic rings. The number of hydrogen-bond acceptors (Lipinski definition) is 3. The molecule has 0 atom stereocenters. The van der Waals surface area contributed by atoms with E-state index >= 15 is 0 Å². The molecule has 1 aromatic carbocycles. The van der Waals surface area contributed by atoms with Gasteiger partial charge in [-0.05, 0) is 53.6 Å². The first kappa shape index (κ1) is 17.2. The number of piperidine rings is 1. The number of likely N-dealkylation sites (tertiary alicyclic amines) is 1. The summed E-state index contributed by atoms with van der Waals surface area (Å²) in [7, 11) is -3.19. The number of amides is 1. The fourth-order valence-corrected chi connectivity index (χ4v) is 4.10. The molecular formula is C13H16BrIN2O3S. The number of benzene rings is 1. The molecule has 1 fully saturated rings. The minimum absolute atomic E-state index is 0.00138. The third kappa shape index (κ3) is 4.90. The van der Waals surface area contributed by atoms with Gasteiger partial charge in [0.1, 0.15) is 0 Å². The highest BCUT2D eigenvalue weighted by Gasteiger charge is 2.26. The van der Waals surface area contributed by atoms with Crippen LogP contribution in [0.5, 0.6) is 0 Å². The second kappa shape index (κ2) is 6.93. The van der Waals surface area contributed by atoms with Gasteiger partial charge in [-0.2, -0.15) is 0 Å². The summed E-state index contributed by atoms with van der Waals surface area (Å²) >= 11 is 5.53. The third-order valence-corrected chi connectivity index (χ3v) is 5.52. The predicted octanol–water partition coefficient (Wildman–Crippen LogP) is 2.21. The van der Waals surface area contributed by atoms with Crippen molar-refractivity contribution in [2.24, 2.45) is 0 Å². The Kier molecular flexibility index (Phi) is 5.66. The Morgan fingerprint density at radius 1 is 1.38 bits per heavy atom. The van der Waals surface area contributed by atoms with Gasteiger partial charge < -0.3 is 4.90 Å². The maximum absolute atomic E-state index is 12.5. The van der Waals surface area contributed by atoms with Gasteiger partial charge in [-0.3, -0.25) is 4.79 Å². The molecule has 1 saturated heterocycles. The standard InChI is InChI=1S/C13H16BrIN2O3S/c1-21(19,20)16-10-4-6-17(7-5-10)13(18)11-8-9(14)2-3-12(11)15/h2-3,8,10,16H,4-7H2,1H3. The fourth-order valence-electron chi connectivity index (χ4n) is 2.33. The van der Waals surface area contributed by atoms with Crippen LogP contribution >= 0.6 is 38.5 Å². The van der Waals surface area contributed by atoms with Gasteiger partial charge in [-0.1, -0.05) is 15.9 Å². The molecular weight excluding hydrogens is 471 g/mol. The van der Waals surface area contributed by atoms with Crippen LogP contribution in [0.2, 0.25) is 0 Å². The Morgan fingerprint density at radius 3 is 2.57 bits per heavy atom. The molecule has 0 aliphatic carbocycles. The van der Waals surface area contributed by atoms with E-state index in [0.717, 1.165) is 14.3 Å². The number of carbonyl (C=O) groups is 1. The molecule has 1 heterocycles. The van der Waals surface area contributed by atoms with E-state index in [4.69, 9.17) is 0 Å². The lowest BCUT2D eigenvalue weighted by Crippen LogP contribution is -2.46. The lowest BCUT2D eigenvalue weighted by molar-refractivity contribution is 0.0710. The number of nitrogens with zero attached hydrogens (tertiary/aromatic N) is 1. The normalized spacial score (nSPS) is 17.0. The van der Waals surface area contributed by atoms with Crippen LogP contribution in [0.3, 0.4) is 0 Å². The van der Waals surface area contributed by atoms with Crippen LogP contribution in [0, 0.1) is 3.57 Å². The van der Waals surface area contributed by atoms with E-state index in [-0.39, 0.29) is 11.9 Å². The highest BCUT2D eigenvalue weighted by atomic mass is 127. The van der Waals surface area contributed by atoms with Crippen LogP contribution in [0.15, 0.2) is 22.7 Å². The van der Waals surface area contributed by atoms with Gasteiger partial charge in [0, 0.05) is 27.2 Å². The van der Waals surface area contributed by atoms with Crippen molar-refractivity contribution in [3.63, 3.8) is 0 Å². The van der Waals surface area contributed by atoms with Gasteiger partial charge in [0.25, 0.3) is 5.91 Å². The second-order valence-electron chi connectivity index (χ2n) is 5.08. The van der Waals surface area contributed by atoms with Gasteiger partial charge in [0.05, 0.1) is 11.8 Å². The summed E-state index contributed by atoms with van der Waals surface area (Å²) in [4.78, 5) is 14.3. The van der Waals surface area contributed by atoms with E-state index in [9.17, 15) is 13.2 Å². The first-order valence-electron chi connectivity index (χ1n) is 6.48. The summed E-state index contributed by atoms with van der Waals surface area (Å²) in [5.41, 5.74) is 0.680. The number of carbonyl (C=O) groups excluding carboxylic acids is 1. The molecule has 1 aliphatic rings. The highest BCUT2D eigenvalue weighted by Crippen LogP contribution is 2.22. The topological polar surface area (TPSA) is 66.5 Å². The molecule has 0 bridgehead atoms. The maximum atomic E-state index is 12.5. The molecule has 0 saturated carbocycles. The van der Waals surface area contributed by atoms with Crippen LogP contribution in [-0.4, -0.2) is 44.6 Å². The minimum atomic E-state index is -3.19. The molecule has 21 heavy (non-hydrogen) atoms. The zero-order valence-electron chi connectivity index (χ0n) is 11.5. The quantitative estimate of drug-likeness (QED) is 0.666. The predicted molar refractivity (Wildman–Crippen MR) is 93.8 cm³/mol. The molecule has 1 amide bonds. The van der Waals surface area contributed by atoms with Crippen molar-refractivity contribution in [3.8, 4) is 0 Å². The number of hydrogen-bond donors (Lipinski definition) is 1. The molecule has 0 aromatic heterocycles. The lowest BCUT2D eigenvalue weighted by Gasteiger charge is -2.32. The number of rotatable bonds is 3. The summed E-state index contributed by atoms with van der Waals surface area (Å²) in [5, 5.41) is 0. The van der Waals surface area contributed by atoms with E-state index in [1.807, 2.05) is 18.2 Å². The van der Waals surface area contributed by atoms with E-state index in [0.29, 0.717) is 31.5 Å². The average Bonchev–Trinajstić information content (AvgIpc) is 2.40. The maximum Gasteiger partial charge on any atom is 0.254 e. The van der Waals surface area contributed by atoms with Gasteiger partial charge in [-0.25, -0.2) is 13.1 Å². The van der Waals surface area contributed by atoms with Crippen molar-refractivity contribution in [3.05, 3.63) is 31.8 Å². The molecule has 0 spiro atoms. The summed E-state index contributed by atoms with van der Waals surface area (Å²) in [6.45, 7) is 1.13. The van der Waals surface area contributed by atoms with Crippen LogP contribution in [0.4, 0.5) is 0 Å². The lowest BCUT2D eigenvalue weighted by atomic mass is 10.0. The van der Waals surface area contributed by atoms with E-state index < -0.39 is 10.0 Å². The molecule has 1 N–H and O–H groups in total.